The number of para-hydroxylation sites is 1. The molecule has 120 valence electrons. The third-order valence-electron chi connectivity index (χ3n) is 4.26. The number of H-pyrrole nitrogens is 1. The van der Waals surface area contributed by atoms with Crippen LogP contribution in [0.25, 0.3) is 10.9 Å². The number of rotatable bonds is 7. The number of hydrogen-bond acceptors (Lipinski definition) is 2. The summed E-state index contributed by atoms with van der Waals surface area (Å²) >= 11 is 0. The van der Waals surface area contributed by atoms with Crippen LogP contribution in [0.4, 0.5) is 0 Å². The lowest BCUT2D eigenvalue weighted by Gasteiger charge is -2.24. The van der Waals surface area contributed by atoms with Crippen molar-refractivity contribution in [1.82, 2.24) is 9.88 Å². The van der Waals surface area contributed by atoms with Crippen molar-refractivity contribution in [3.63, 3.8) is 0 Å². The summed E-state index contributed by atoms with van der Waals surface area (Å²) in [4.78, 5) is 5.65. The molecule has 1 aromatic heterocycles. The van der Waals surface area contributed by atoms with E-state index in [9.17, 15) is 5.11 Å². The van der Waals surface area contributed by atoms with Crippen LogP contribution >= 0.6 is 0 Å². The van der Waals surface area contributed by atoms with Crippen LogP contribution in [0, 0.1) is 0 Å². The molecule has 0 aliphatic heterocycles. The lowest BCUT2D eigenvalue weighted by molar-refractivity contribution is 0.102. The molecule has 0 radical (unpaired) electrons. The van der Waals surface area contributed by atoms with Crippen LogP contribution in [0.2, 0.25) is 0 Å². The number of nitrogens with one attached hydrogen (secondary N) is 1. The molecule has 1 heterocycles. The fourth-order valence-electron chi connectivity index (χ4n) is 2.96. The van der Waals surface area contributed by atoms with E-state index in [1.54, 1.807) is 0 Å². The topological polar surface area (TPSA) is 39.3 Å². The van der Waals surface area contributed by atoms with Crippen molar-refractivity contribution in [3.8, 4) is 0 Å². The van der Waals surface area contributed by atoms with Crippen molar-refractivity contribution in [2.45, 2.75) is 32.5 Å². The average molecular weight is 308 g/mol. The van der Waals surface area contributed by atoms with Crippen molar-refractivity contribution >= 4 is 10.9 Å². The highest BCUT2D eigenvalue weighted by atomic mass is 16.3. The fourth-order valence-corrected chi connectivity index (χ4v) is 2.96. The minimum Gasteiger partial charge on any atom is -0.392 e. The Hall–Kier alpha value is -2.10. The Morgan fingerprint density at radius 1 is 1.00 bits per heavy atom. The minimum atomic E-state index is -0.288. The zero-order valence-electron chi connectivity index (χ0n) is 13.6. The molecule has 0 saturated heterocycles. The third kappa shape index (κ3) is 4.01. The standard InChI is InChI=1S/C20H24N2O/c1-2-18(23)15-22(13-16-8-4-3-5-9-16)14-17-12-21-20-11-7-6-10-19(17)20/h3-12,18,21,23H,2,13-15H2,1H3/t18-/m1/s1. The second-order valence-corrected chi connectivity index (χ2v) is 6.08. The average Bonchev–Trinajstić information content (AvgIpc) is 2.99. The molecule has 0 aliphatic carbocycles. The molecular weight excluding hydrogens is 284 g/mol. The van der Waals surface area contributed by atoms with Gasteiger partial charge in [-0.05, 0) is 23.6 Å². The summed E-state index contributed by atoms with van der Waals surface area (Å²) in [6.45, 7) is 4.38. The predicted molar refractivity (Wildman–Crippen MR) is 95.2 cm³/mol. The monoisotopic (exact) mass is 308 g/mol. The summed E-state index contributed by atoms with van der Waals surface area (Å²) in [5.74, 6) is 0. The molecule has 0 unspecified atom stereocenters. The van der Waals surface area contributed by atoms with Crippen molar-refractivity contribution in [1.29, 1.82) is 0 Å². The highest BCUT2D eigenvalue weighted by molar-refractivity contribution is 5.82. The number of aliphatic hydroxyl groups excluding tert-OH is 1. The molecule has 1 atom stereocenters. The van der Waals surface area contributed by atoms with Gasteiger partial charge in [-0.1, -0.05) is 55.5 Å². The Morgan fingerprint density at radius 2 is 1.74 bits per heavy atom. The lowest BCUT2D eigenvalue weighted by atomic mass is 10.1. The number of nitrogens with zero attached hydrogens (tertiary/aromatic N) is 1. The molecule has 3 rings (SSSR count). The predicted octanol–water partition coefficient (Wildman–Crippen LogP) is 3.94. The number of aliphatic hydroxyl groups is 1. The van der Waals surface area contributed by atoms with Crippen LogP contribution in [0.1, 0.15) is 24.5 Å². The molecule has 23 heavy (non-hydrogen) atoms. The number of benzene rings is 2. The Labute approximate surface area is 137 Å². The van der Waals surface area contributed by atoms with Gasteiger partial charge in [-0.2, -0.15) is 0 Å². The van der Waals surface area contributed by atoms with Crippen molar-refractivity contribution in [3.05, 3.63) is 71.9 Å². The maximum absolute atomic E-state index is 10.1. The highest BCUT2D eigenvalue weighted by Gasteiger charge is 2.13. The Kier molecular flexibility index (Phi) is 5.11. The van der Waals surface area contributed by atoms with Crippen LogP contribution in [-0.4, -0.2) is 27.6 Å². The van der Waals surface area contributed by atoms with Gasteiger partial charge in [-0.15, -0.1) is 0 Å². The van der Waals surface area contributed by atoms with Gasteiger partial charge in [0.2, 0.25) is 0 Å². The largest absolute Gasteiger partial charge is 0.392 e. The van der Waals surface area contributed by atoms with Crippen LogP contribution in [0.5, 0.6) is 0 Å². The Balaban J connectivity index is 1.80. The van der Waals surface area contributed by atoms with E-state index < -0.39 is 0 Å². The van der Waals surface area contributed by atoms with Crippen LogP contribution in [-0.2, 0) is 13.1 Å². The van der Waals surface area contributed by atoms with Gasteiger partial charge in [0.15, 0.2) is 0 Å². The highest BCUT2D eigenvalue weighted by Crippen LogP contribution is 2.20. The number of aromatic amines is 1. The molecule has 0 fully saturated rings. The Bertz CT molecular complexity index is 735. The van der Waals surface area contributed by atoms with E-state index in [0.717, 1.165) is 19.5 Å². The van der Waals surface area contributed by atoms with Crippen LogP contribution in [0.15, 0.2) is 60.8 Å². The van der Waals surface area contributed by atoms with E-state index in [1.165, 1.54) is 22.0 Å². The van der Waals surface area contributed by atoms with Crippen LogP contribution in [0.3, 0.4) is 0 Å². The maximum Gasteiger partial charge on any atom is 0.0664 e. The number of fused-ring (bicyclic) bond motifs is 1. The van der Waals surface area contributed by atoms with Gasteiger partial charge >= 0.3 is 0 Å². The third-order valence-corrected chi connectivity index (χ3v) is 4.26. The number of aromatic nitrogens is 1. The van der Waals surface area contributed by atoms with Gasteiger partial charge in [-0.3, -0.25) is 4.90 Å². The zero-order chi connectivity index (χ0) is 16.1. The Morgan fingerprint density at radius 3 is 2.52 bits per heavy atom. The first-order valence-corrected chi connectivity index (χ1v) is 8.25. The molecule has 0 spiro atoms. The maximum atomic E-state index is 10.1. The summed E-state index contributed by atoms with van der Waals surface area (Å²) in [5.41, 5.74) is 3.72. The van der Waals surface area contributed by atoms with Gasteiger partial charge in [0.25, 0.3) is 0 Å². The van der Waals surface area contributed by atoms with Crippen molar-refractivity contribution < 1.29 is 5.11 Å². The molecule has 3 nitrogen and oxygen atoms in total. The molecule has 2 aromatic carbocycles. The molecule has 3 aromatic rings. The molecule has 3 heteroatoms. The molecular formula is C20H24N2O. The molecule has 2 N–H and O–H groups in total. The van der Waals surface area contributed by atoms with E-state index in [-0.39, 0.29) is 6.10 Å². The second kappa shape index (κ2) is 7.44. The van der Waals surface area contributed by atoms with Gasteiger partial charge in [0.1, 0.15) is 0 Å². The fraction of sp³-hybridized carbons (Fsp3) is 0.300. The van der Waals surface area contributed by atoms with E-state index in [4.69, 9.17) is 0 Å². The van der Waals surface area contributed by atoms with Gasteiger partial charge in [0.05, 0.1) is 6.10 Å². The first-order chi connectivity index (χ1) is 11.3. The van der Waals surface area contributed by atoms with E-state index in [2.05, 4.69) is 58.5 Å². The van der Waals surface area contributed by atoms with E-state index in [1.807, 2.05) is 19.1 Å². The second-order valence-electron chi connectivity index (χ2n) is 6.08. The minimum absolute atomic E-state index is 0.288. The molecule has 0 aliphatic rings. The van der Waals surface area contributed by atoms with E-state index in [0.29, 0.717) is 6.54 Å². The lowest BCUT2D eigenvalue weighted by Crippen LogP contribution is -2.31. The zero-order valence-corrected chi connectivity index (χ0v) is 13.6. The summed E-state index contributed by atoms with van der Waals surface area (Å²) < 4.78 is 0. The number of hydrogen-bond donors (Lipinski definition) is 2. The van der Waals surface area contributed by atoms with Crippen molar-refractivity contribution in [2.24, 2.45) is 0 Å². The summed E-state index contributed by atoms with van der Waals surface area (Å²) in [6.07, 6.45) is 2.57. The SMILES string of the molecule is CC[C@@H](O)CN(Cc1ccccc1)Cc1c[nH]c2ccccc12. The van der Waals surface area contributed by atoms with Gasteiger partial charge in [-0.25, -0.2) is 0 Å². The molecule has 0 bridgehead atoms. The van der Waals surface area contributed by atoms with Crippen molar-refractivity contribution in [2.75, 3.05) is 6.54 Å². The summed E-state index contributed by atoms with van der Waals surface area (Å²) in [5, 5.41) is 11.4. The quantitative estimate of drug-likeness (QED) is 0.694. The van der Waals surface area contributed by atoms with Crippen LogP contribution < -0.4 is 0 Å². The molecule has 0 saturated carbocycles. The van der Waals surface area contributed by atoms with Gasteiger partial charge < -0.3 is 10.1 Å². The normalized spacial score (nSPS) is 12.8. The first-order valence-electron chi connectivity index (χ1n) is 8.25. The smallest absolute Gasteiger partial charge is 0.0664 e. The summed E-state index contributed by atoms with van der Waals surface area (Å²) in [6, 6.07) is 18.8. The first kappa shape index (κ1) is 15.8. The summed E-state index contributed by atoms with van der Waals surface area (Å²) in [7, 11) is 0. The van der Waals surface area contributed by atoms with E-state index >= 15 is 0 Å². The molecule has 0 amide bonds. The van der Waals surface area contributed by atoms with Gasteiger partial charge in [0, 0.05) is 36.7 Å².